The second-order valence-corrected chi connectivity index (χ2v) is 6.61. The van der Waals surface area contributed by atoms with E-state index in [9.17, 15) is 9.59 Å². The fourth-order valence-electron chi connectivity index (χ4n) is 2.51. The van der Waals surface area contributed by atoms with Crippen molar-refractivity contribution in [3.05, 3.63) is 60.2 Å². The Morgan fingerprint density at radius 1 is 1.00 bits per heavy atom. The van der Waals surface area contributed by atoms with Gasteiger partial charge >= 0.3 is 6.09 Å². The van der Waals surface area contributed by atoms with Gasteiger partial charge in [0, 0.05) is 5.69 Å². The molecule has 0 heterocycles. The predicted octanol–water partition coefficient (Wildman–Crippen LogP) is 3.97. The first-order valence-electron chi connectivity index (χ1n) is 8.90. The van der Waals surface area contributed by atoms with Gasteiger partial charge in [-0.15, -0.1) is 0 Å². The summed E-state index contributed by atoms with van der Waals surface area (Å²) in [6.45, 7) is 4.14. The van der Waals surface area contributed by atoms with Crippen LogP contribution in [0.25, 0.3) is 0 Å². The highest BCUT2D eigenvalue weighted by Crippen LogP contribution is 2.16. The van der Waals surface area contributed by atoms with Crippen LogP contribution < -0.4 is 15.4 Å². The number of methoxy groups -OCH3 is 1. The van der Waals surface area contributed by atoms with E-state index in [1.54, 1.807) is 31.4 Å². The highest BCUT2D eigenvalue weighted by molar-refractivity contribution is 5.96. The molecule has 0 unspecified atom stereocenters. The van der Waals surface area contributed by atoms with Crippen LogP contribution in [0.1, 0.15) is 25.8 Å². The lowest BCUT2D eigenvalue weighted by molar-refractivity contribution is -0.118. The van der Waals surface area contributed by atoms with Crippen LogP contribution in [0.5, 0.6) is 5.75 Å². The molecule has 0 saturated heterocycles. The molecule has 1 atom stereocenters. The van der Waals surface area contributed by atoms with E-state index in [1.165, 1.54) is 0 Å². The first kappa shape index (κ1) is 20.3. The van der Waals surface area contributed by atoms with Crippen molar-refractivity contribution < 1.29 is 19.1 Å². The molecule has 0 fully saturated rings. The van der Waals surface area contributed by atoms with Gasteiger partial charge in [-0.25, -0.2) is 4.79 Å². The lowest BCUT2D eigenvalue weighted by Crippen LogP contribution is -2.44. The summed E-state index contributed by atoms with van der Waals surface area (Å²) in [4.78, 5) is 24.7. The van der Waals surface area contributed by atoms with Crippen molar-refractivity contribution in [3.63, 3.8) is 0 Å². The van der Waals surface area contributed by atoms with Crippen LogP contribution in [-0.2, 0) is 16.1 Å². The minimum Gasteiger partial charge on any atom is -0.497 e. The molecule has 6 heteroatoms. The second kappa shape index (κ2) is 10.2. The number of rotatable bonds is 8. The van der Waals surface area contributed by atoms with E-state index in [2.05, 4.69) is 10.6 Å². The minimum atomic E-state index is -0.685. The molecule has 0 spiro atoms. The van der Waals surface area contributed by atoms with Gasteiger partial charge in [-0.05, 0) is 42.2 Å². The van der Waals surface area contributed by atoms with Crippen LogP contribution in [0.3, 0.4) is 0 Å². The van der Waals surface area contributed by atoms with Crippen LogP contribution in [0.4, 0.5) is 10.5 Å². The molecule has 0 bridgehead atoms. The van der Waals surface area contributed by atoms with E-state index < -0.39 is 12.1 Å². The number of benzene rings is 2. The molecule has 0 saturated carbocycles. The molecule has 2 aromatic carbocycles. The highest BCUT2D eigenvalue weighted by atomic mass is 16.5. The van der Waals surface area contributed by atoms with Gasteiger partial charge in [0.05, 0.1) is 7.11 Å². The zero-order valence-electron chi connectivity index (χ0n) is 15.9. The van der Waals surface area contributed by atoms with Crippen molar-refractivity contribution in [1.29, 1.82) is 0 Å². The summed E-state index contributed by atoms with van der Waals surface area (Å²) in [5, 5.41) is 5.48. The Bertz CT molecular complexity index is 730. The summed E-state index contributed by atoms with van der Waals surface area (Å²) >= 11 is 0. The third-order valence-corrected chi connectivity index (χ3v) is 3.89. The van der Waals surface area contributed by atoms with E-state index >= 15 is 0 Å². The summed E-state index contributed by atoms with van der Waals surface area (Å²) in [7, 11) is 1.58. The van der Waals surface area contributed by atoms with Crippen LogP contribution in [0, 0.1) is 5.92 Å². The number of anilines is 1. The standard InChI is InChI=1S/C21H26N2O4/c1-15(2)13-19(20(24)22-17-9-11-18(26-3)12-10-17)23-21(25)27-14-16-7-5-4-6-8-16/h4-12,15,19H,13-14H2,1-3H3,(H,22,24)(H,23,25)/t19-/m0/s1. The molecular formula is C21H26N2O4. The van der Waals surface area contributed by atoms with Crippen molar-refractivity contribution in [3.8, 4) is 5.75 Å². The summed E-state index contributed by atoms with van der Waals surface area (Å²) in [5.74, 6) is 0.644. The molecule has 0 aliphatic rings. The second-order valence-electron chi connectivity index (χ2n) is 6.61. The molecular weight excluding hydrogens is 344 g/mol. The number of nitrogens with one attached hydrogen (secondary N) is 2. The average Bonchev–Trinajstić information content (AvgIpc) is 2.67. The number of hydrogen-bond acceptors (Lipinski definition) is 4. The van der Waals surface area contributed by atoms with E-state index in [0.717, 1.165) is 5.56 Å². The zero-order chi connectivity index (χ0) is 19.6. The van der Waals surface area contributed by atoms with Crippen molar-refractivity contribution in [2.45, 2.75) is 32.9 Å². The largest absolute Gasteiger partial charge is 0.497 e. The van der Waals surface area contributed by atoms with Crippen LogP contribution in [-0.4, -0.2) is 25.2 Å². The highest BCUT2D eigenvalue weighted by Gasteiger charge is 2.22. The number of amides is 2. The first-order valence-corrected chi connectivity index (χ1v) is 8.90. The predicted molar refractivity (Wildman–Crippen MR) is 105 cm³/mol. The SMILES string of the molecule is COc1ccc(NC(=O)[C@H](CC(C)C)NC(=O)OCc2ccccc2)cc1. The van der Waals surface area contributed by atoms with Gasteiger partial charge in [0.1, 0.15) is 18.4 Å². The van der Waals surface area contributed by atoms with E-state index in [1.807, 2.05) is 44.2 Å². The van der Waals surface area contributed by atoms with Crippen molar-refractivity contribution in [2.24, 2.45) is 5.92 Å². The molecule has 0 aliphatic heterocycles. The van der Waals surface area contributed by atoms with Gasteiger partial charge in [0.2, 0.25) is 5.91 Å². The maximum Gasteiger partial charge on any atom is 0.408 e. The lowest BCUT2D eigenvalue weighted by atomic mass is 10.0. The van der Waals surface area contributed by atoms with Gasteiger partial charge in [-0.1, -0.05) is 44.2 Å². The fourth-order valence-corrected chi connectivity index (χ4v) is 2.51. The van der Waals surface area contributed by atoms with Gasteiger partial charge in [0.15, 0.2) is 0 Å². The summed E-state index contributed by atoms with van der Waals surface area (Å²) in [6.07, 6.45) is -0.114. The quantitative estimate of drug-likeness (QED) is 0.737. The number of carbonyl (C=O) groups excluding carboxylic acids is 2. The molecule has 6 nitrogen and oxygen atoms in total. The van der Waals surface area contributed by atoms with Gasteiger partial charge in [0.25, 0.3) is 0 Å². The topological polar surface area (TPSA) is 76.7 Å². The average molecular weight is 370 g/mol. The molecule has 144 valence electrons. The fraction of sp³-hybridized carbons (Fsp3) is 0.333. The van der Waals surface area contributed by atoms with Crippen LogP contribution in [0.2, 0.25) is 0 Å². The van der Waals surface area contributed by atoms with Gasteiger partial charge in [-0.2, -0.15) is 0 Å². The number of carbonyl (C=O) groups is 2. The maximum absolute atomic E-state index is 12.6. The Kier molecular flexibility index (Phi) is 7.67. The van der Waals surface area contributed by atoms with E-state index in [0.29, 0.717) is 17.9 Å². The maximum atomic E-state index is 12.6. The van der Waals surface area contributed by atoms with Crippen LogP contribution >= 0.6 is 0 Å². The molecule has 0 radical (unpaired) electrons. The summed E-state index contributed by atoms with van der Waals surface area (Å²) in [5.41, 5.74) is 1.52. The number of hydrogen-bond donors (Lipinski definition) is 2. The molecule has 2 amide bonds. The first-order chi connectivity index (χ1) is 13.0. The molecule has 2 N–H and O–H groups in total. The van der Waals surface area contributed by atoms with Crippen LogP contribution in [0.15, 0.2) is 54.6 Å². The lowest BCUT2D eigenvalue weighted by Gasteiger charge is -2.20. The Morgan fingerprint density at radius 2 is 1.67 bits per heavy atom. The Morgan fingerprint density at radius 3 is 2.26 bits per heavy atom. The van der Waals surface area contributed by atoms with Crippen molar-refractivity contribution in [2.75, 3.05) is 12.4 Å². The summed E-state index contributed by atoms with van der Waals surface area (Å²) in [6, 6.07) is 15.7. The normalized spacial score (nSPS) is 11.6. The molecule has 0 aliphatic carbocycles. The molecule has 2 rings (SSSR count). The molecule has 0 aromatic heterocycles. The third kappa shape index (κ3) is 7.01. The van der Waals surface area contributed by atoms with E-state index in [4.69, 9.17) is 9.47 Å². The van der Waals surface area contributed by atoms with Gasteiger partial charge in [-0.3, -0.25) is 4.79 Å². The Labute approximate surface area is 159 Å². The third-order valence-electron chi connectivity index (χ3n) is 3.89. The Balaban J connectivity index is 1.93. The van der Waals surface area contributed by atoms with Gasteiger partial charge < -0.3 is 20.1 Å². The van der Waals surface area contributed by atoms with Crippen molar-refractivity contribution >= 4 is 17.7 Å². The summed E-state index contributed by atoms with van der Waals surface area (Å²) < 4.78 is 10.3. The molecule has 27 heavy (non-hydrogen) atoms. The number of ether oxygens (including phenoxy) is 2. The minimum absolute atomic E-state index is 0.154. The molecule has 2 aromatic rings. The monoisotopic (exact) mass is 370 g/mol. The Hall–Kier alpha value is -3.02. The van der Waals surface area contributed by atoms with E-state index in [-0.39, 0.29) is 18.4 Å². The number of alkyl carbamates (subject to hydrolysis) is 1. The smallest absolute Gasteiger partial charge is 0.408 e. The zero-order valence-corrected chi connectivity index (χ0v) is 15.9. The van der Waals surface area contributed by atoms with Crippen molar-refractivity contribution in [1.82, 2.24) is 5.32 Å².